The normalized spacial score (nSPS) is 23.5. The quantitative estimate of drug-likeness (QED) is 0.146. The molecule has 222 valence electrons. The zero-order valence-electron chi connectivity index (χ0n) is 24.4. The fourth-order valence-electron chi connectivity index (χ4n) is 5.55. The van der Waals surface area contributed by atoms with E-state index < -0.39 is 11.7 Å². The van der Waals surface area contributed by atoms with Gasteiger partial charge in [-0.05, 0) is 46.0 Å². The lowest BCUT2D eigenvalue weighted by molar-refractivity contribution is -0.141. The van der Waals surface area contributed by atoms with Gasteiger partial charge in [-0.1, -0.05) is 19.3 Å². The molecule has 0 aliphatic carbocycles. The smallest absolute Gasteiger partial charge is 0.414 e. The summed E-state index contributed by atoms with van der Waals surface area (Å²) < 4.78 is 15.7. The topological polar surface area (TPSA) is 128 Å². The lowest BCUT2D eigenvalue weighted by Crippen LogP contribution is -2.54. The van der Waals surface area contributed by atoms with Crippen LogP contribution >= 0.6 is 0 Å². The highest BCUT2D eigenvalue weighted by molar-refractivity contribution is 5.92. The van der Waals surface area contributed by atoms with Crippen LogP contribution in [0.1, 0.15) is 65.7 Å². The molecule has 0 aromatic heterocycles. The summed E-state index contributed by atoms with van der Waals surface area (Å²) in [4.78, 5) is 43.9. The minimum absolute atomic E-state index is 0.0420. The van der Waals surface area contributed by atoms with Crippen LogP contribution < -0.4 is 5.32 Å². The highest BCUT2D eigenvalue weighted by Gasteiger charge is 2.43. The Morgan fingerprint density at radius 2 is 1.69 bits per heavy atom. The molecule has 3 rings (SSSR count). The van der Waals surface area contributed by atoms with E-state index in [0.717, 1.165) is 77.8 Å². The largest absolute Gasteiger partial charge is 0.469 e. The number of hydrogen-bond acceptors (Lipinski definition) is 9. The Morgan fingerprint density at radius 3 is 2.31 bits per heavy atom. The number of piperidine rings is 1. The molecule has 3 aliphatic rings. The number of carbonyl (C=O) groups is 3. The number of carbonyl (C=O) groups excluding carboxylic acids is 3. The molecule has 0 aromatic carbocycles. The Morgan fingerprint density at radius 1 is 1.05 bits per heavy atom. The van der Waals surface area contributed by atoms with Gasteiger partial charge in [-0.2, -0.15) is 0 Å². The molecule has 3 saturated heterocycles. The molecule has 2 unspecified atom stereocenters. The van der Waals surface area contributed by atoms with Gasteiger partial charge in [-0.15, -0.1) is 0 Å². The van der Waals surface area contributed by atoms with Crippen LogP contribution in [0.15, 0.2) is 0 Å². The van der Waals surface area contributed by atoms with Crippen LogP contribution in [0, 0.1) is 11.3 Å². The summed E-state index contributed by atoms with van der Waals surface area (Å²) in [7, 11) is 3.24. The fraction of sp³-hybridized carbons (Fsp3) is 0.852. The Hall–Kier alpha value is -2.60. The van der Waals surface area contributed by atoms with Crippen molar-refractivity contribution >= 4 is 24.1 Å². The molecule has 3 heterocycles. The van der Waals surface area contributed by atoms with Gasteiger partial charge in [-0.25, -0.2) is 9.59 Å². The molecule has 2 N–H and O–H groups in total. The molecular weight excluding hydrogens is 504 g/mol. The zero-order chi connectivity index (χ0) is 28.6. The molecule has 2 amide bonds. The van der Waals surface area contributed by atoms with E-state index in [9.17, 15) is 14.4 Å². The molecule has 0 bridgehead atoms. The highest BCUT2D eigenvalue weighted by Crippen LogP contribution is 2.28. The number of hydrogen-bond donors (Lipinski definition) is 2. The van der Waals surface area contributed by atoms with Gasteiger partial charge in [0.25, 0.3) is 0 Å². The van der Waals surface area contributed by atoms with Gasteiger partial charge >= 0.3 is 18.2 Å². The predicted molar refractivity (Wildman–Crippen MR) is 146 cm³/mol. The lowest BCUT2D eigenvalue weighted by atomic mass is 9.91. The third kappa shape index (κ3) is 9.52. The number of amides is 2. The summed E-state index contributed by atoms with van der Waals surface area (Å²) in [6.45, 7) is 10.9. The second kappa shape index (κ2) is 14.2. The van der Waals surface area contributed by atoms with Crippen LogP contribution in [-0.4, -0.2) is 122 Å². The first-order chi connectivity index (χ1) is 18.5. The van der Waals surface area contributed by atoms with E-state index in [1.807, 2.05) is 11.9 Å². The molecule has 12 heteroatoms. The van der Waals surface area contributed by atoms with Crippen LogP contribution in [0.3, 0.4) is 0 Å². The first-order valence-electron chi connectivity index (χ1n) is 14.3. The van der Waals surface area contributed by atoms with E-state index in [1.54, 1.807) is 25.7 Å². The number of likely N-dealkylation sites (tertiary alicyclic amines) is 1. The van der Waals surface area contributed by atoms with Crippen LogP contribution in [0.25, 0.3) is 0 Å². The van der Waals surface area contributed by atoms with Crippen molar-refractivity contribution in [2.24, 2.45) is 5.92 Å². The van der Waals surface area contributed by atoms with Crippen molar-refractivity contribution in [3.8, 4) is 0 Å². The van der Waals surface area contributed by atoms with E-state index in [0.29, 0.717) is 18.9 Å². The van der Waals surface area contributed by atoms with E-state index in [1.165, 1.54) is 7.11 Å². The first-order valence-corrected chi connectivity index (χ1v) is 14.3. The van der Waals surface area contributed by atoms with Crippen molar-refractivity contribution in [3.63, 3.8) is 0 Å². The van der Waals surface area contributed by atoms with Gasteiger partial charge < -0.3 is 28.9 Å². The molecule has 39 heavy (non-hydrogen) atoms. The Balaban J connectivity index is 1.35. The number of piperazine rings is 1. The molecule has 12 nitrogen and oxygen atoms in total. The molecular formula is C27H48N6O6. The van der Waals surface area contributed by atoms with E-state index >= 15 is 0 Å². The molecule has 0 aromatic rings. The number of likely N-dealkylation sites (N-methyl/N-ethyl adjacent to an activating group) is 1. The molecule has 3 aliphatic heterocycles. The number of rotatable bonds is 9. The van der Waals surface area contributed by atoms with Crippen LogP contribution in [0.4, 0.5) is 9.59 Å². The second-order valence-electron chi connectivity index (χ2n) is 11.8. The highest BCUT2D eigenvalue weighted by atomic mass is 16.6. The number of nitrogens with zero attached hydrogens (tertiary/aromatic N) is 4. The average Bonchev–Trinajstić information content (AvgIpc) is 3.17. The summed E-state index contributed by atoms with van der Waals surface area (Å²) in [6.07, 6.45) is 5.44. The summed E-state index contributed by atoms with van der Waals surface area (Å²) in [6, 6.07) is 0.0420. The Labute approximate surface area is 232 Å². The number of alkyl carbamates (subject to hydrolysis) is 1. The number of esters is 1. The van der Waals surface area contributed by atoms with Gasteiger partial charge in [0.1, 0.15) is 5.60 Å². The average molecular weight is 553 g/mol. The van der Waals surface area contributed by atoms with Crippen molar-refractivity contribution < 1.29 is 28.6 Å². The number of nitrogens with one attached hydrogen (secondary N) is 2. The maximum Gasteiger partial charge on any atom is 0.414 e. The van der Waals surface area contributed by atoms with Crippen LogP contribution in [0.5, 0.6) is 0 Å². The third-order valence-electron chi connectivity index (χ3n) is 7.88. The molecule has 0 radical (unpaired) electrons. The third-order valence-corrected chi connectivity index (χ3v) is 7.88. The van der Waals surface area contributed by atoms with Gasteiger partial charge in [0.15, 0.2) is 6.23 Å². The van der Waals surface area contributed by atoms with Crippen molar-refractivity contribution in [3.05, 3.63) is 0 Å². The Kier molecular flexibility index (Phi) is 11.2. The number of methoxy groups -OCH3 is 1. The number of ether oxygens (including phenoxy) is 3. The minimum atomic E-state index is -0.591. The lowest BCUT2D eigenvalue weighted by Gasteiger charge is -2.38. The molecule has 0 saturated carbocycles. The van der Waals surface area contributed by atoms with Crippen molar-refractivity contribution in [1.29, 1.82) is 5.41 Å². The minimum Gasteiger partial charge on any atom is -0.469 e. The monoisotopic (exact) mass is 552 g/mol. The zero-order valence-corrected chi connectivity index (χ0v) is 24.4. The summed E-state index contributed by atoms with van der Waals surface area (Å²) in [5.74, 6) is 0.514. The number of guanidine groups is 1. The van der Waals surface area contributed by atoms with E-state index in [4.69, 9.17) is 19.6 Å². The van der Waals surface area contributed by atoms with E-state index in [2.05, 4.69) is 15.1 Å². The maximum absolute atomic E-state index is 12.4. The van der Waals surface area contributed by atoms with Crippen molar-refractivity contribution in [2.75, 3.05) is 60.0 Å². The van der Waals surface area contributed by atoms with Crippen LogP contribution in [-0.2, 0) is 19.0 Å². The fourth-order valence-corrected chi connectivity index (χ4v) is 5.55. The maximum atomic E-state index is 12.4. The SMILES string of the molecule is COC(=O)CCN1CCN(C2OC(=O)N(C)C2CCCCC2CCN(C(=N)NC(=O)OC(C)(C)C)CC2)CC1. The number of unbranched alkanes of at least 4 members (excludes halogenated alkanes) is 1. The van der Waals surface area contributed by atoms with Gasteiger partial charge in [0, 0.05) is 52.9 Å². The van der Waals surface area contributed by atoms with Gasteiger partial charge in [0.05, 0.1) is 19.6 Å². The Bertz CT molecular complexity index is 848. The predicted octanol–water partition coefficient (Wildman–Crippen LogP) is 2.68. The first kappa shape index (κ1) is 30.9. The van der Waals surface area contributed by atoms with E-state index in [-0.39, 0.29) is 30.3 Å². The summed E-state index contributed by atoms with van der Waals surface area (Å²) in [5, 5.41) is 10.7. The molecule has 0 spiro atoms. The summed E-state index contributed by atoms with van der Waals surface area (Å²) in [5.41, 5.74) is -0.591. The standard InChI is InChI=1S/C27H48N6O6/c1-27(2,3)39-25(35)29-24(28)33-14-10-20(11-15-33)8-6-7-9-21-23(38-26(36)30(21)4)32-18-16-31(17-19-32)13-12-22(34)37-5/h20-21,23H,6-19H2,1-5H3,(H2,28,29,35). The molecule has 3 fully saturated rings. The van der Waals surface area contributed by atoms with Gasteiger partial charge in [0.2, 0.25) is 5.96 Å². The van der Waals surface area contributed by atoms with Crippen LogP contribution in [0.2, 0.25) is 0 Å². The van der Waals surface area contributed by atoms with Gasteiger partial charge in [-0.3, -0.25) is 20.4 Å². The van der Waals surface area contributed by atoms with Crippen molar-refractivity contribution in [1.82, 2.24) is 24.9 Å². The molecule has 2 atom stereocenters. The second-order valence-corrected chi connectivity index (χ2v) is 11.8. The number of cyclic esters (lactones) is 1. The van der Waals surface area contributed by atoms with Crippen molar-refractivity contribution in [2.45, 2.75) is 83.6 Å². The summed E-state index contributed by atoms with van der Waals surface area (Å²) >= 11 is 0.